The molecule has 0 radical (unpaired) electrons. The first-order valence-electron chi connectivity index (χ1n) is 8.04. The van der Waals surface area contributed by atoms with Gasteiger partial charge in [0.25, 0.3) is 11.6 Å². The summed E-state index contributed by atoms with van der Waals surface area (Å²) < 4.78 is 19.4. The van der Waals surface area contributed by atoms with Crippen molar-refractivity contribution < 1.29 is 23.6 Å². The van der Waals surface area contributed by atoms with Crippen molar-refractivity contribution in [1.82, 2.24) is 9.55 Å². The minimum atomic E-state index is -0.822. The fraction of sp³-hybridized carbons (Fsp3) is 0.0556. The summed E-state index contributed by atoms with van der Waals surface area (Å²) in [6, 6.07) is 8.90. The highest BCUT2D eigenvalue weighted by Gasteiger charge is 2.17. The lowest BCUT2D eigenvalue weighted by Crippen LogP contribution is -2.22. The Morgan fingerprint density at radius 1 is 1.24 bits per heavy atom. The van der Waals surface area contributed by atoms with Gasteiger partial charge in [0.1, 0.15) is 5.82 Å². The van der Waals surface area contributed by atoms with E-state index in [4.69, 9.17) is 16.3 Å². The zero-order chi connectivity index (χ0) is 21.0. The van der Waals surface area contributed by atoms with E-state index in [-0.39, 0.29) is 22.1 Å². The van der Waals surface area contributed by atoms with E-state index in [0.717, 1.165) is 6.07 Å². The average Bonchev–Trinajstić information content (AvgIpc) is 3.18. The zero-order valence-corrected chi connectivity index (χ0v) is 15.3. The molecule has 3 aromatic rings. The average molecular weight is 419 g/mol. The van der Waals surface area contributed by atoms with E-state index in [0.29, 0.717) is 5.69 Å². The van der Waals surface area contributed by atoms with Gasteiger partial charge in [0.15, 0.2) is 12.3 Å². The van der Waals surface area contributed by atoms with E-state index in [1.54, 1.807) is 0 Å². The first-order valence-corrected chi connectivity index (χ1v) is 8.42. The Balaban J connectivity index is 1.63. The lowest BCUT2D eigenvalue weighted by molar-refractivity contribution is -0.384. The van der Waals surface area contributed by atoms with Gasteiger partial charge in [-0.25, -0.2) is 14.2 Å². The normalized spacial score (nSPS) is 10.4. The van der Waals surface area contributed by atoms with Crippen LogP contribution >= 0.6 is 11.6 Å². The number of hydrogen-bond acceptors (Lipinski definition) is 6. The summed E-state index contributed by atoms with van der Waals surface area (Å²) in [4.78, 5) is 38.2. The van der Waals surface area contributed by atoms with Crippen LogP contribution in [0.2, 0.25) is 5.02 Å². The van der Waals surface area contributed by atoms with Gasteiger partial charge < -0.3 is 10.1 Å². The summed E-state index contributed by atoms with van der Waals surface area (Å²) in [5, 5.41) is 13.1. The summed E-state index contributed by atoms with van der Waals surface area (Å²) in [6.45, 7) is -0.624. The van der Waals surface area contributed by atoms with Crippen molar-refractivity contribution in [3.63, 3.8) is 0 Å². The number of aromatic nitrogens is 2. The summed E-state index contributed by atoms with van der Waals surface area (Å²) in [5.74, 6) is -1.95. The number of anilines is 1. The number of nitro groups is 1. The Bertz CT molecular complexity index is 1080. The van der Waals surface area contributed by atoms with Gasteiger partial charge >= 0.3 is 5.97 Å². The number of carbonyl (C=O) groups excluding carboxylic acids is 2. The molecule has 11 heteroatoms. The number of nitro benzene ring substituents is 1. The maximum Gasteiger partial charge on any atom is 0.357 e. The van der Waals surface area contributed by atoms with Gasteiger partial charge in [-0.2, -0.15) is 0 Å². The molecule has 0 spiro atoms. The molecule has 1 heterocycles. The summed E-state index contributed by atoms with van der Waals surface area (Å²) in [7, 11) is 0. The molecule has 29 heavy (non-hydrogen) atoms. The van der Waals surface area contributed by atoms with Crippen LogP contribution < -0.4 is 5.32 Å². The molecule has 1 amide bonds. The Labute approximate surface area is 167 Å². The van der Waals surface area contributed by atoms with Crippen molar-refractivity contribution in [3.8, 4) is 5.69 Å². The monoisotopic (exact) mass is 418 g/mol. The van der Waals surface area contributed by atoms with E-state index >= 15 is 0 Å². The standard InChI is InChI=1S/C18H12ClFN4O5/c19-14-7-13(24(27)28)5-6-15(14)22-17(25)9-29-18(26)16-8-21-10-23(16)12-3-1-11(20)2-4-12/h1-8,10H,9H2,(H,22,25). The predicted octanol–water partition coefficient (Wildman–Crippen LogP) is 3.37. The highest BCUT2D eigenvalue weighted by molar-refractivity contribution is 6.34. The SMILES string of the molecule is O=C(COC(=O)c1cncn1-c1ccc(F)cc1)Nc1ccc([N+](=O)[O-])cc1Cl. The van der Waals surface area contributed by atoms with Gasteiger partial charge in [0, 0.05) is 17.8 Å². The zero-order valence-electron chi connectivity index (χ0n) is 14.5. The second-order valence-electron chi connectivity index (χ2n) is 5.67. The molecule has 2 aromatic carbocycles. The molecule has 9 nitrogen and oxygen atoms in total. The quantitative estimate of drug-likeness (QED) is 0.372. The number of imidazole rings is 1. The number of amides is 1. The molecular formula is C18H12ClFN4O5. The summed E-state index contributed by atoms with van der Waals surface area (Å²) in [5.41, 5.74) is 0.430. The smallest absolute Gasteiger partial charge is 0.357 e. The number of benzene rings is 2. The number of non-ortho nitro benzene ring substituents is 1. The molecule has 148 valence electrons. The number of halogens is 2. The van der Waals surface area contributed by atoms with Gasteiger partial charge in [-0.05, 0) is 30.3 Å². The van der Waals surface area contributed by atoms with Gasteiger partial charge in [0.2, 0.25) is 0 Å². The van der Waals surface area contributed by atoms with E-state index in [9.17, 15) is 24.1 Å². The molecule has 0 atom stereocenters. The van der Waals surface area contributed by atoms with E-state index < -0.39 is 29.2 Å². The molecule has 0 unspecified atom stereocenters. The van der Waals surface area contributed by atoms with Crippen LogP contribution in [0.25, 0.3) is 5.69 Å². The van der Waals surface area contributed by atoms with Crippen molar-refractivity contribution in [2.75, 3.05) is 11.9 Å². The van der Waals surface area contributed by atoms with Crippen molar-refractivity contribution in [3.05, 3.63) is 81.6 Å². The largest absolute Gasteiger partial charge is 0.451 e. The number of esters is 1. The third-order valence-electron chi connectivity index (χ3n) is 3.72. The van der Waals surface area contributed by atoms with Crippen LogP contribution in [0, 0.1) is 15.9 Å². The molecule has 0 aliphatic rings. The lowest BCUT2D eigenvalue weighted by Gasteiger charge is -2.09. The fourth-order valence-corrected chi connectivity index (χ4v) is 2.59. The first kappa shape index (κ1) is 20.0. The molecular weight excluding hydrogens is 407 g/mol. The minimum absolute atomic E-state index is 0.0340. The van der Waals surface area contributed by atoms with Gasteiger partial charge in [-0.3, -0.25) is 19.5 Å². The Morgan fingerprint density at radius 2 is 1.97 bits per heavy atom. The predicted molar refractivity (Wildman–Crippen MR) is 101 cm³/mol. The first-order chi connectivity index (χ1) is 13.8. The highest BCUT2D eigenvalue weighted by atomic mass is 35.5. The van der Waals surface area contributed by atoms with Crippen molar-refractivity contribution in [1.29, 1.82) is 0 Å². The fourth-order valence-electron chi connectivity index (χ4n) is 2.36. The Hall–Kier alpha value is -3.79. The third kappa shape index (κ3) is 4.74. The molecule has 0 aliphatic heterocycles. The Morgan fingerprint density at radius 3 is 2.62 bits per heavy atom. The van der Waals surface area contributed by atoms with E-state index in [2.05, 4.69) is 10.3 Å². The molecule has 0 saturated heterocycles. The van der Waals surface area contributed by atoms with Gasteiger partial charge in [0.05, 0.1) is 28.2 Å². The number of rotatable bonds is 6. The van der Waals surface area contributed by atoms with Crippen LogP contribution in [0.15, 0.2) is 55.0 Å². The highest BCUT2D eigenvalue weighted by Crippen LogP contribution is 2.26. The molecule has 0 bridgehead atoms. The van der Waals surface area contributed by atoms with E-state index in [1.807, 2.05) is 0 Å². The molecule has 0 fully saturated rings. The maximum atomic E-state index is 13.1. The molecule has 0 aliphatic carbocycles. The number of carbonyl (C=O) groups is 2. The Kier molecular flexibility index (Phi) is 5.84. The van der Waals surface area contributed by atoms with Crippen LogP contribution in [-0.4, -0.2) is 33.0 Å². The summed E-state index contributed by atoms with van der Waals surface area (Å²) in [6.07, 6.45) is 2.59. The van der Waals surface area contributed by atoms with E-state index in [1.165, 1.54) is 53.5 Å². The lowest BCUT2D eigenvalue weighted by atomic mass is 10.3. The van der Waals surface area contributed by atoms with Crippen LogP contribution in [0.5, 0.6) is 0 Å². The molecule has 1 N–H and O–H groups in total. The van der Waals surface area contributed by atoms with Crippen molar-refractivity contribution in [2.45, 2.75) is 0 Å². The molecule has 3 rings (SSSR count). The van der Waals surface area contributed by atoms with Crippen molar-refractivity contribution >= 4 is 34.9 Å². The second kappa shape index (κ2) is 8.48. The second-order valence-corrected chi connectivity index (χ2v) is 6.08. The van der Waals surface area contributed by atoms with Crippen LogP contribution in [0.1, 0.15) is 10.5 Å². The van der Waals surface area contributed by atoms with Gasteiger partial charge in [-0.1, -0.05) is 11.6 Å². The van der Waals surface area contributed by atoms with Gasteiger partial charge in [-0.15, -0.1) is 0 Å². The number of hydrogen-bond donors (Lipinski definition) is 1. The maximum absolute atomic E-state index is 13.1. The summed E-state index contributed by atoms with van der Waals surface area (Å²) >= 11 is 5.90. The number of ether oxygens (including phenoxy) is 1. The van der Waals surface area contributed by atoms with Crippen molar-refractivity contribution in [2.24, 2.45) is 0 Å². The number of nitrogens with zero attached hydrogens (tertiary/aromatic N) is 3. The van der Waals surface area contributed by atoms with Crippen LogP contribution in [-0.2, 0) is 9.53 Å². The third-order valence-corrected chi connectivity index (χ3v) is 4.04. The minimum Gasteiger partial charge on any atom is -0.451 e. The topological polar surface area (TPSA) is 116 Å². The molecule has 1 aromatic heterocycles. The molecule has 0 saturated carbocycles. The van der Waals surface area contributed by atoms with Crippen LogP contribution in [0.4, 0.5) is 15.8 Å². The number of nitrogens with one attached hydrogen (secondary N) is 1. The van der Waals surface area contributed by atoms with Crippen LogP contribution in [0.3, 0.4) is 0 Å².